The molecule has 5 rings (SSSR count). The van der Waals surface area contributed by atoms with Gasteiger partial charge in [-0.05, 0) is 38.5 Å². The fourth-order valence-corrected chi connectivity index (χ4v) is 5.06. The summed E-state index contributed by atoms with van der Waals surface area (Å²) in [6.45, 7) is 6.07. The lowest BCUT2D eigenvalue weighted by Gasteiger charge is -2.49. The predicted molar refractivity (Wildman–Crippen MR) is 125 cm³/mol. The van der Waals surface area contributed by atoms with Gasteiger partial charge in [0.25, 0.3) is 5.56 Å². The van der Waals surface area contributed by atoms with Crippen molar-refractivity contribution in [3.63, 3.8) is 0 Å². The Morgan fingerprint density at radius 1 is 1.09 bits per heavy atom. The second-order valence-electron chi connectivity index (χ2n) is 8.89. The summed E-state index contributed by atoms with van der Waals surface area (Å²) in [6.07, 6.45) is 1.48. The van der Waals surface area contributed by atoms with Gasteiger partial charge in [-0.3, -0.25) is 29.0 Å². The number of nitrogens with zero attached hydrogens (tertiary/aromatic N) is 4. The predicted octanol–water partition coefficient (Wildman–Crippen LogP) is 2.04. The van der Waals surface area contributed by atoms with E-state index in [0.717, 1.165) is 16.0 Å². The first-order chi connectivity index (χ1) is 16.3. The monoisotopic (exact) mass is 459 g/mol. The number of amides is 4. The molecule has 1 spiro atoms. The van der Waals surface area contributed by atoms with E-state index in [4.69, 9.17) is 0 Å². The molecule has 174 valence electrons. The van der Waals surface area contributed by atoms with Crippen molar-refractivity contribution in [1.29, 1.82) is 0 Å². The smallest absolute Gasteiger partial charge is 0.331 e. The SMILES string of the molecule is CCN1c2nc3ccccn3c(=O)c2CC2(C(=O)NC(=O)N(Cc3ccc(C)cc3)C2=O)C1C. The number of hydrogen-bond donors (Lipinski definition) is 1. The molecule has 2 atom stereocenters. The second kappa shape index (κ2) is 7.79. The lowest BCUT2D eigenvalue weighted by molar-refractivity contribution is -0.153. The van der Waals surface area contributed by atoms with Crippen LogP contribution in [0.5, 0.6) is 0 Å². The number of hydrogen-bond acceptors (Lipinski definition) is 6. The molecular formula is C25H25N5O4. The van der Waals surface area contributed by atoms with Gasteiger partial charge in [0.2, 0.25) is 11.8 Å². The minimum Gasteiger partial charge on any atom is -0.352 e. The number of nitrogens with one attached hydrogen (secondary N) is 1. The van der Waals surface area contributed by atoms with Crippen LogP contribution in [0.4, 0.5) is 10.6 Å². The highest BCUT2D eigenvalue weighted by molar-refractivity contribution is 6.20. The largest absolute Gasteiger partial charge is 0.352 e. The van der Waals surface area contributed by atoms with Crippen molar-refractivity contribution in [2.24, 2.45) is 5.41 Å². The lowest BCUT2D eigenvalue weighted by Crippen LogP contribution is -2.71. The summed E-state index contributed by atoms with van der Waals surface area (Å²) in [7, 11) is 0. The normalized spacial score (nSPS) is 22.3. The summed E-state index contributed by atoms with van der Waals surface area (Å²) in [5.41, 5.74) is 0.641. The lowest BCUT2D eigenvalue weighted by atomic mass is 9.69. The number of carbonyl (C=O) groups is 3. The maximum atomic E-state index is 13.9. The standard InChI is InChI=1S/C25H25N5O4/c1-4-28-16(3)25(13-18-20(28)26-19-7-5-6-12-29(19)21(18)31)22(32)27-24(34)30(23(25)33)14-17-10-8-15(2)9-11-17/h5-12,16H,4,13-14H2,1-3H3,(H,27,32,34). The number of barbiturate groups is 1. The Morgan fingerprint density at radius 3 is 2.53 bits per heavy atom. The van der Waals surface area contributed by atoms with Crippen LogP contribution < -0.4 is 15.8 Å². The van der Waals surface area contributed by atoms with Gasteiger partial charge >= 0.3 is 6.03 Å². The molecule has 9 nitrogen and oxygen atoms in total. The molecule has 9 heteroatoms. The number of imide groups is 2. The van der Waals surface area contributed by atoms with Crippen LogP contribution in [-0.4, -0.2) is 44.7 Å². The zero-order valence-corrected chi connectivity index (χ0v) is 19.2. The summed E-state index contributed by atoms with van der Waals surface area (Å²) in [4.78, 5) is 61.0. The van der Waals surface area contributed by atoms with Crippen molar-refractivity contribution < 1.29 is 14.4 Å². The van der Waals surface area contributed by atoms with Crippen LogP contribution in [0.2, 0.25) is 0 Å². The summed E-state index contributed by atoms with van der Waals surface area (Å²) in [5, 5.41) is 2.39. The first-order valence-electron chi connectivity index (χ1n) is 11.3. The van der Waals surface area contributed by atoms with E-state index < -0.39 is 29.3 Å². The highest BCUT2D eigenvalue weighted by Crippen LogP contribution is 2.42. The third kappa shape index (κ3) is 3.03. The molecule has 1 fully saturated rings. The van der Waals surface area contributed by atoms with Crippen LogP contribution >= 0.6 is 0 Å². The molecule has 0 radical (unpaired) electrons. The van der Waals surface area contributed by atoms with E-state index in [1.165, 1.54) is 4.40 Å². The molecule has 0 bridgehead atoms. The van der Waals surface area contributed by atoms with Crippen LogP contribution in [-0.2, 0) is 22.6 Å². The topological polar surface area (TPSA) is 104 Å². The maximum absolute atomic E-state index is 13.9. The van der Waals surface area contributed by atoms with Crippen LogP contribution in [0, 0.1) is 12.3 Å². The van der Waals surface area contributed by atoms with Crippen molar-refractivity contribution in [2.75, 3.05) is 11.4 Å². The fraction of sp³-hybridized carbons (Fsp3) is 0.320. The van der Waals surface area contributed by atoms with E-state index in [-0.39, 0.29) is 24.1 Å². The first-order valence-corrected chi connectivity index (χ1v) is 11.3. The first kappa shape index (κ1) is 21.8. The van der Waals surface area contributed by atoms with Gasteiger partial charge in [-0.1, -0.05) is 35.9 Å². The van der Waals surface area contributed by atoms with Gasteiger partial charge in [0, 0.05) is 19.2 Å². The zero-order chi connectivity index (χ0) is 24.2. The Labute approximate surface area is 196 Å². The number of rotatable bonds is 3. The van der Waals surface area contributed by atoms with Crippen LogP contribution in [0.15, 0.2) is 53.5 Å². The van der Waals surface area contributed by atoms with E-state index in [9.17, 15) is 19.2 Å². The Balaban J connectivity index is 1.64. The van der Waals surface area contributed by atoms with E-state index in [1.54, 1.807) is 31.3 Å². The third-order valence-electron chi connectivity index (χ3n) is 7.01. The maximum Gasteiger partial charge on any atom is 0.331 e. The van der Waals surface area contributed by atoms with Gasteiger partial charge in [0.15, 0.2) is 5.41 Å². The Kier molecular flexibility index (Phi) is 5.00. The van der Waals surface area contributed by atoms with Gasteiger partial charge in [-0.2, -0.15) is 0 Å². The van der Waals surface area contributed by atoms with Crippen molar-refractivity contribution in [2.45, 2.75) is 39.8 Å². The highest BCUT2D eigenvalue weighted by atomic mass is 16.2. The third-order valence-corrected chi connectivity index (χ3v) is 7.01. The summed E-state index contributed by atoms with van der Waals surface area (Å²) in [5.74, 6) is -0.813. The molecule has 2 unspecified atom stereocenters. The average Bonchev–Trinajstić information content (AvgIpc) is 2.82. The van der Waals surface area contributed by atoms with E-state index in [1.807, 2.05) is 43.0 Å². The minimum absolute atomic E-state index is 0.0284. The van der Waals surface area contributed by atoms with Crippen molar-refractivity contribution >= 4 is 29.3 Å². The van der Waals surface area contributed by atoms with Gasteiger partial charge in [-0.25, -0.2) is 9.78 Å². The number of fused-ring (bicyclic) bond motifs is 2. The van der Waals surface area contributed by atoms with Crippen molar-refractivity contribution in [1.82, 2.24) is 19.6 Å². The van der Waals surface area contributed by atoms with Gasteiger partial charge < -0.3 is 4.90 Å². The molecule has 2 aliphatic rings. The molecular weight excluding hydrogens is 434 g/mol. The van der Waals surface area contributed by atoms with Crippen molar-refractivity contribution in [3.8, 4) is 0 Å². The average molecular weight is 460 g/mol. The zero-order valence-electron chi connectivity index (χ0n) is 19.2. The Morgan fingerprint density at radius 2 is 1.82 bits per heavy atom. The molecule has 1 saturated heterocycles. The molecule has 0 saturated carbocycles. The second-order valence-corrected chi connectivity index (χ2v) is 8.89. The molecule has 3 aromatic rings. The van der Waals surface area contributed by atoms with Crippen LogP contribution in [0.3, 0.4) is 0 Å². The quantitative estimate of drug-likeness (QED) is 0.601. The number of urea groups is 1. The molecule has 2 aliphatic heterocycles. The molecule has 4 heterocycles. The molecule has 2 aromatic heterocycles. The minimum atomic E-state index is -1.63. The number of aromatic nitrogens is 2. The molecule has 34 heavy (non-hydrogen) atoms. The molecule has 1 N–H and O–H groups in total. The highest BCUT2D eigenvalue weighted by Gasteiger charge is 2.61. The van der Waals surface area contributed by atoms with Crippen LogP contribution in [0.25, 0.3) is 5.65 Å². The van der Waals surface area contributed by atoms with Gasteiger partial charge in [0.1, 0.15) is 11.5 Å². The summed E-state index contributed by atoms with van der Waals surface area (Å²) < 4.78 is 1.41. The van der Waals surface area contributed by atoms with E-state index in [2.05, 4.69) is 10.3 Å². The number of aryl methyl sites for hydroxylation is 1. The van der Waals surface area contributed by atoms with Crippen LogP contribution in [0.1, 0.15) is 30.5 Å². The molecule has 4 amide bonds. The number of anilines is 1. The number of benzene rings is 1. The summed E-state index contributed by atoms with van der Waals surface area (Å²) in [6, 6.07) is 11.4. The number of carbonyl (C=O) groups excluding carboxylic acids is 3. The Hall–Kier alpha value is -4.01. The fourth-order valence-electron chi connectivity index (χ4n) is 5.06. The molecule has 0 aliphatic carbocycles. The van der Waals surface area contributed by atoms with E-state index >= 15 is 0 Å². The van der Waals surface area contributed by atoms with Gasteiger partial charge in [-0.15, -0.1) is 0 Å². The summed E-state index contributed by atoms with van der Waals surface area (Å²) >= 11 is 0. The molecule has 1 aromatic carbocycles. The number of pyridine rings is 1. The Bertz CT molecular complexity index is 1400. The van der Waals surface area contributed by atoms with Gasteiger partial charge in [0.05, 0.1) is 18.2 Å². The van der Waals surface area contributed by atoms with E-state index in [0.29, 0.717) is 18.0 Å². The van der Waals surface area contributed by atoms with Crippen molar-refractivity contribution in [3.05, 3.63) is 75.7 Å².